The summed E-state index contributed by atoms with van der Waals surface area (Å²) in [5.74, 6) is 0. The maximum atomic E-state index is 8.63. The van der Waals surface area contributed by atoms with Crippen LogP contribution in [0.4, 0.5) is 0 Å². The predicted molar refractivity (Wildman–Crippen MR) is 63.8 cm³/mol. The highest BCUT2D eigenvalue weighted by molar-refractivity contribution is 9.10. The molecule has 0 aliphatic heterocycles. The Morgan fingerprint density at radius 1 is 1.47 bits per heavy atom. The largest absolute Gasteiger partial charge is 0.319 e. The van der Waals surface area contributed by atoms with Crippen LogP contribution in [0.3, 0.4) is 0 Å². The van der Waals surface area contributed by atoms with Gasteiger partial charge in [0.2, 0.25) is 0 Å². The summed E-state index contributed by atoms with van der Waals surface area (Å²) in [6.07, 6.45) is 3.41. The van der Waals surface area contributed by atoms with Gasteiger partial charge in [-0.2, -0.15) is 5.26 Å². The van der Waals surface area contributed by atoms with E-state index in [0.717, 1.165) is 10.9 Å². The first kappa shape index (κ1) is 10.3. The second kappa shape index (κ2) is 4.08. The number of aromatic nitrogens is 1. The molecular weight excluding hydrogens is 252 g/mol. The first-order chi connectivity index (χ1) is 7.25. The molecule has 0 saturated heterocycles. The summed E-state index contributed by atoms with van der Waals surface area (Å²) in [5, 5.41) is 8.63. The molecule has 0 bridgehead atoms. The van der Waals surface area contributed by atoms with Crippen LogP contribution >= 0.6 is 15.9 Å². The summed E-state index contributed by atoms with van der Waals surface area (Å²) in [6.45, 7) is 2.09. The first-order valence-electron chi connectivity index (χ1n) is 4.86. The van der Waals surface area contributed by atoms with Crippen LogP contribution in [0.1, 0.15) is 17.7 Å². The summed E-state index contributed by atoms with van der Waals surface area (Å²) < 4.78 is 3.28. The molecule has 0 fully saturated rings. The highest BCUT2D eigenvalue weighted by Crippen LogP contribution is 2.28. The molecule has 2 nitrogen and oxygen atoms in total. The van der Waals surface area contributed by atoms with Gasteiger partial charge in [-0.25, -0.2) is 0 Å². The lowest BCUT2D eigenvalue weighted by atomic mass is 10.2. The molecule has 0 unspecified atom stereocenters. The van der Waals surface area contributed by atoms with Gasteiger partial charge in [-0.1, -0.05) is 6.07 Å². The number of hydrogen-bond acceptors (Lipinski definition) is 1. The van der Waals surface area contributed by atoms with E-state index in [0.29, 0.717) is 6.42 Å². The SMILES string of the molecule is Cc1c(Br)c2ccccn2c1CCC#N. The van der Waals surface area contributed by atoms with Crippen molar-refractivity contribution in [2.45, 2.75) is 19.8 Å². The highest BCUT2D eigenvalue weighted by Gasteiger charge is 2.11. The average Bonchev–Trinajstić information content (AvgIpc) is 2.51. The Kier molecular flexibility index (Phi) is 2.79. The van der Waals surface area contributed by atoms with E-state index in [1.165, 1.54) is 16.8 Å². The smallest absolute Gasteiger partial charge is 0.0625 e. The van der Waals surface area contributed by atoms with Crippen LogP contribution in [0.15, 0.2) is 28.9 Å². The Hall–Kier alpha value is -1.27. The number of aryl methyl sites for hydroxylation is 1. The average molecular weight is 263 g/mol. The monoisotopic (exact) mass is 262 g/mol. The van der Waals surface area contributed by atoms with Crippen molar-refractivity contribution in [3.63, 3.8) is 0 Å². The third-order valence-electron chi connectivity index (χ3n) is 2.61. The first-order valence-corrected chi connectivity index (χ1v) is 5.66. The topological polar surface area (TPSA) is 28.2 Å². The van der Waals surface area contributed by atoms with Crippen molar-refractivity contribution >= 4 is 21.4 Å². The molecule has 0 N–H and O–H groups in total. The number of nitrogens with zero attached hydrogens (tertiary/aromatic N) is 2. The fourth-order valence-electron chi connectivity index (χ4n) is 1.84. The van der Waals surface area contributed by atoms with Crippen LogP contribution in [-0.4, -0.2) is 4.40 Å². The Bertz CT molecular complexity index is 534. The molecule has 0 atom stereocenters. The molecule has 2 rings (SSSR count). The molecule has 0 spiro atoms. The maximum absolute atomic E-state index is 8.63. The molecule has 0 aliphatic carbocycles. The van der Waals surface area contributed by atoms with Gasteiger partial charge in [0.15, 0.2) is 0 Å². The molecule has 2 aromatic rings. The molecule has 0 aliphatic rings. The van der Waals surface area contributed by atoms with Crippen molar-refractivity contribution in [2.24, 2.45) is 0 Å². The predicted octanol–water partition coefficient (Wildman–Crippen LogP) is 3.47. The van der Waals surface area contributed by atoms with Gasteiger partial charge < -0.3 is 4.40 Å². The summed E-state index contributed by atoms with van der Waals surface area (Å²) in [7, 11) is 0. The lowest BCUT2D eigenvalue weighted by Gasteiger charge is -2.00. The maximum Gasteiger partial charge on any atom is 0.0625 e. The van der Waals surface area contributed by atoms with Crippen LogP contribution in [0.2, 0.25) is 0 Å². The van der Waals surface area contributed by atoms with E-state index in [4.69, 9.17) is 5.26 Å². The van der Waals surface area contributed by atoms with E-state index >= 15 is 0 Å². The number of nitriles is 1. The minimum Gasteiger partial charge on any atom is -0.319 e. The zero-order valence-electron chi connectivity index (χ0n) is 8.50. The third kappa shape index (κ3) is 1.66. The van der Waals surface area contributed by atoms with Gasteiger partial charge in [-0.3, -0.25) is 0 Å². The van der Waals surface area contributed by atoms with E-state index in [1.54, 1.807) is 0 Å². The molecule has 2 aromatic heterocycles. The van der Waals surface area contributed by atoms with Crippen molar-refractivity contribution in [2.75, 3.05) is 0 Å². The van der Waals surface area contributed by atoms with Crippen LogP contribution in [0, 0.1) is 18.3 Å². The van der Waals surface area contributed by atoms with Gasteiger partial charge in [0.05, 0.1) is 11.6 Å². The minimum absolute atomic E-state index is 0.564. The second-order valence-corrected chi connectivity index (χ2v) is 4.29. The molecule has 15 heavy (non-hydrogen) atoms. The summed E-state index contributed by atoms with van der Waals surface area (Å²) in [5.41, 5.74) is 3.62. The number of pyridine rings is 1. The fraction of sp³-hybridized carbons (Fsp3) is 0.250. The van der Waals surface area contributed by atoms with E-state index in [-0.39, 0.29) is 0 Å². The van der Waals surface area contributed by atoms with Gasteiger partial charge in [0.25, 0.3) is 0 Å². The lowest BCUT2D eigenvalue weighted by Crippen LogP contribution is -1.93. The van der Waals surface area contributed by atoms with Gasteiger partial charge in [-0.05, 0) is 40.5 Å². The quantitative estimate of drug-likeness (QED) is 0.815. The van der Waals surface area contributed by atoms with Crippen molar-refractivity contribution in [3.8, 4) is 6.07 Å². The van der Waals surface area contributed by atoms with Gasteiger partial charge in [0, 0.05) is 29.2 Å². The number of halogens is 1. The van der Waals surface area contributed by atoms with E-state index < -0.39 is 0 Å². The number of rotatable bonds is 2. The summed E-state index contributed by atoms with van der Waals surface area (Å²) in [4.78, 5) is 0. The molecule has 0 saturated carbocycles. The molecule has 3 heteroatoms. The summed E-state index contributed by atoms with van der Waals surface area (Å²) >= 11 is 3.59. The molecule has 2 heterocycles. The van der Waals surface area contributed by atoms with E-state index in [2.05, 4.69) is 39.4 Å². The van der Waals surface area contributed by atoms with Crippen LogP contribution in [0.25, 0.3) is 5.52 Å². The minimum atomic E-state index is 0.564. The van der Waals surface area contributed by atoms with Crippen LogP contribution in [-0.2, 0) is 6.42 Å². The van der Waals surface area contributed by atoms with Crippen molar-refractivity contribution < 1.29 is 0 Å². The van der Waals surface area contributed by atoms with Crippen LogP contribution < -0.4 is 0 Å². The number of hydrogen-bond donors (Lipinski definition) is 0. The number of fused-ring (bicyclic) bond motifs is 1. The Morgan fingerprint density at radius 2 is 2.27 bits per heavy atom. The van der Waals surface area contributed by atoms with E-state index in [9.17, 15) is 0 Å². The zero-order chi connectivity index (χ0) is 10.8. The van der Waals surface area contributed by atoms with Gasteiger partial charge >= 0.3 is 0 Å². The molecule has 76 valence electrons. The van der Waals surface area contributed by atoms with Crippen molar-refractivity contribution in [1.82, 2.24) is 4.40 Å². The highest BCUT2D eigenvalue weighted by atomic mass is 79.9. The van der Waals surface area contributed by atoms with Gasteiger partial charge in [0.1, 0.15) is 0 Å². The molecule has 0 aromatic carbocycles. The zero-order valence-corrected chi connectivity index (χ0v) is 10.1. The Balaban J connectivity index is 2.62. The summed E-state index contributed by atoms with van der Waals surface area (Å²) in [6, 6.07) is 8.30. The molecule has 0 radical (unpaired) electrons. The van der Waals surface area contributed by atoms with Crippen molar-refractivity contribution in [3.05, 3.63) is 40.1 Å². The fourth-order valence-corrected chi connectivity index (χ4v) is 2.39. The molecular formula is C12H11BrN2. The van der Waals surface area contributed by atoms with E-state index in [1.807, 2.05) is 18.3 Å². The molecule has 0 amide bonds. The van der Waals surface area contributed by atoms with Gasteiger partial charge in [-0.15, -0.1) is 0 Å². The Morgan fingerprint density at radius 3 is 3.00 bits per heavy atom. The lowest BCUT2D eigenvalue weighted by molar-refractivity contribution is 0.916. The Labute approximate surface area is 97.3 Å². The second-order valence-electron chi connectivity index (χ2n) is 3.50. The normalized spacial score (nSPS) is 10.5. The third-order valence-corrected chi connectivity index (χ3v) is 3.61. The van der Waals surface area contributed by atoms with Crippen LogP contribution in [0.5, 0.6) is 0 Å². The van der Waals surface area contributed by atoms with Crippen molar-refractivity contribution in [1.29, 1.82) is 5.26 Å². The standard InChI is InChI=1S/C12H11BrN2/c1-9-10(6-4-7-14)15-8-3-2-5-11(15)12(9)13/h2-3,5,8H,4,6H2,1H3.